The molecule has 0 amide bonds. The lowest BCUT2D eigenvalue weighted by atomic mass is 10.1. The molecule has 0 saturated carbocycles. The van der Waals surface area contributed by atoms with Crippen molar-refractivity contribution in [1.29, 1.82) is 0 Å². The zero-order valence-corrected chi connectivity index (χ0v) is 9.20. The SMILES string of the molecule is Cc1cc(Br)c(F)c(CCCN)c1. The highest BCUT2D eigenvalue weighted by Crippen LogP contribution is 2.21. The zero-order valence-electron chi connectivity index (χ0n) is 7.61. The van der Waals surface area contributed by atoms with E-state index in [1.807, 2.05) is 13.0 Å². The van der Waals surface area contributed by atoms with Crippen LogP contribution in [0.2, 0.25) is 0 Å². The summed E-state index contributed by atoms with van der Waals surface area (Å²) in [5.41, 5.74) is 7.19. The van der Waals surface area contributed by atoms with Crippen LogP contribution in [0.15, 0.2) is 16.6 Å². The van der Waals surface area contributed by atoms with Crippen molar-refractivity contribution in [1.82, 2.24) is 0 Å². The first-order chi connectivity index (χ1) is 6.15. The molecule has 1 nitrogen and oxygen atoms in total. The van der Waals surface area contributed by atoms with Gasteiger partial charge >= 0.3 is 0 Å². The predicted octanol–water partition coefficient (Wildman–Crippen LogP) is 2.79. The van der Waals surface area contributed by atoms with Gasteiger partial charge in [0, 0.05) is 0 Å². The van der Waals surface area contributed by atoms with Crippen molar-refractivity contribution in [3.63, 3.8) is 0 Å². The fraction of sp³-hybridized carbons (Fsp3) is 0.400. The molecule has 0 aromatic heterocycles. The smallest absolute Gasteiger partial charge is 0.140 e. The molecule has 0 spiro atoms. The summed E-state index contributed by atoms with van der Waals surface area (Å²) in [5, 5.41) is 0. The van der Waals surface area contributed by atoms with Crippen LogP contribution in [0.25, 0.3) is 0 Å². The number of hydrogen-bond donors (Lipinski definition) is 1. The lowest BCUT2D eigenvalue weighted by molar-refractivity contribution is 0.598. The molecule has 1 rings (SSSR count). The van der Waals surface area contributed by atoms with Crippen molar-refractivity contribution in [3.8, 4) is 0 Å². The van der Waals surface area contributed by atoms with Gasteiger partial charge in [-0.25, -0.2) is 4.39 Å². The van der Waals surface area contributed by atoms with Crippen molar-refractivity contribution >= 4 is 15.9 Å². The molecular formula is C10H13BrFN. The molecule has 0 bridgehead atoms. The van der Waals surface area contributed by atoms with Gasteiger partial charge in [-0.3, -0.25) is 0 Å². The third-order valence-electron chi connectivity index (χ3n) is 1.90. The van der Waals surface area contributed by atoms with Crippen LogP contribution in [0, 0.1) is 12.7 Å². The van der Waals surface area contributed by atoms with Crippen LogP contribution in [-0.4, -0.2) is 6.54 Å². The first-order valence-corrected chi connectivity index (χ1v) is 5.09. The van der Waals surface area contributed by atoms with Gasteiger partial charge < -0.3 is 5.73 Å². The fourth-order valence-corrected chi connectivity index (χ4v) is 1.89. The molecule has 13 heavy (non-hydrogen) atoms. The van der Waals surface area contributed by atoms with Crippen molar-refractivity contribution in [2.24, 2.45) is 5.73 Å². The van der Waals surface area contributed by atoms with E-state index in [9.17, 15) is 4.39 Å². The lowest BCUT2D eigenvalue weighted by Crippen LogP contribution is -2.02. The third-order valence-corrected chi connectivity index (χ3v) is 2.48. The largest absolute Gasteiger partial charge is 0.330 e. The van der Waals surface area contributed by atoms with E-state index in [1.54, 1.807) is 6.07 Å². The Balaban J connectivity index is 2.92. The summed E-state index contributed by atoms with van der Waals surface area (Å²) in [6.45, 7) is 2.56. The highest BCUT2D eigenvalue weighted by atomic mass is 79.9. The zero-order chi connectivity index (χ0) is 9.84. The highest BCUT2D eigenvalue weighted by Gasteiger charge is 2.06. The number of nitrogens with two attached hydrogens (primary N) is 1. The van der Waals surface area contributed by atoms with Gasteiger partial charge in [0.25, 0.3) is 0 Å². The maximum Gasteiger partial charge on any atom is 0.140 e. The minimum atomic E-state index is -0.154. The molecule has 0 aliphatic carbocycles. The molecule has 1 aromatic carbocycles. The Morgan fingerprint density at radius 2 is 2.15 bits per heavy atom. The van der Waals surface area contributed by atoms with E-state index in [0.29, 0.717) is 17.4 Å². The number of hydrogen-bond acceptors (Lipinski definition) is 1. The second-order valence-electron chi connectivity index (χ2n) is 3.11. The summed E-state index contributed by atoms with van der Waals surface area (Å²) in [6, 6.07) is 3.65. The molecule has 0 aliphatic heterocycles. The van der Waals surface area contributed by atoms with Gasteiger partial charge in [-0.05, 0) is 59.4 Å². The van der Waals surface area contributed by atoms with E-state index in [-0.39, 0.29) is 5.82 Å². The van der Waals surface area contributed by atoms with Gasteiger partial charge in [0.1, 0.15) is 5.82 Å². The average Bonchev–Trinajstić information content (AvgIpc) is 2.09. The van der Waals surface area contributed by atoms with Crippen molar-refractivity contribution < 1.29 is 4.39 Å². The summed E-state index contributed by atoms with van der Waals surface area (Å²) < 4.78 is 14.0. The molecule has 3 heteroatoms. The molecular weight excluding hydrogens is 233 g/mol. The summed E-state index contributed by atoms with van der Waals surface area (Å²) in [5.74, 6) is -0.154. The first kappa shape index (κ1) is 10.7. The summed E-state index contributed by atoms with van der Waals surface area (Å²) in [4.78, 5) is 0. The number of aryl methyl sites for hydroxylation is 2. The van der Waals surface area contributed by atoms with Crippen LogP contribution in [0.4, 0.5) is 4.39 Å². The van der Waals surface area contributed by atoms with Gasteiger partial charge in [0.2, 0.25) is 0 Å². The summed E-state index contributed by atoms with van der Waals surface area (Å²) in [6.07, 6.45) is 1.54. The van der Waals surface area contributed by atoms with Gasteiger partial charge in [0.05, 0.1) is 4.47 Å². The molecule has 1 aromatic rings. The molecule has 0 unspecified atom stereocenters. The number of rotatable bonds is 3. The second-order valence-corrected chi connectivity index (χ2v) is 3.97. The van der Waals surface area contributed by atoms with Crippen molar-refractivity contribution in [2.45, 2.75) is 19.8 Å². The molecule has 0 aliphatic rings. The van der Waals surface area contributed by atoms with Gasteiger partial charge in [-0.2, -0.15) is 0 Å². The van der Waals surface area contributed by atoms with E-state index < -0.39 is 0 Å². The Morgan fingerprint density at radius 3 is 2.77 bits per heavy atom. The minimum absolute atomic E-state index is 0.154. The molecule has 2 N–H and O–H groups in total. The Kier molecular flexibility index (Phi) is 3.88. The maximum absolute atomic E-state index is 13.4. The molecule has 0 heterocycles. The molecule has 72 valence electrons. The Hall–Kier alpha value is -0.410. The van der Waals surface area contributed by atoms with Crippen LogP contribution < -0.4 is 5.73 Å². The van der Waals surface area contributed by atoms with Crippen LogP contribution >= 0.6 is 15.9 Å². The van der Waals surface area contributed by atoms with E-state index in [4.69, 9.17) is 5.73 Å². The number of halogens is 2. The second kappa shape index (κ2) is 4.72. The van der Waals surface area contributed by atoms with Gasteiger partial charge in [-0.1, -0.05) is 6.07 Å². The van der Waals surface area contributed by atoms with Crippen molar-refractivity contribution in [3.05, 3.63) is 33.5 Å². The lowest BCUT2D eigenvalue weighted by Gasteiger charge is -2.05. The van der Waals surface area contributed by atoms with Crippen molar-refractivity contribution in [2.75, 3.05) is 6.54 Å². The van der Waals surface area contributed by atoms with Crippen LogP contribution in [0.5, 0.6) is 0 Å². The topological polar surface area (TPSA) is 26.0 Å². The van der Waals surface area contributed by atoms with Gasteiger partial charge in [0.15, 0.2) is 0 Å². The van der Waals surface area contributed by atoms with Crippen LogP contribution in [0.3, 0.4) is 0 Å². The normalized spacial score (nSPS) is 10.5. The molecule has 0 fully saturated rings. The highest BCUT2D eigenvalue weighted by molar-refractivity contribution is 9.10. The fourth-order valence-electron chi connectivity index (χ4n) is 1.27. The molecule has 0 saturated heterocycles. The monoisotopic (exact) mass is 245 g/mol. The third kappa shape index (κ3) is 2.78. The number of benzene rings is 1. The average molecular weight is 246 g/mol. The predicted molar refractivity (Wildman–Crippen MR) is 56.2 cm³/mol. The minimum Gasteiger partial charge on any atom is -0.330 e. The Morgan fingerprint density at radius 1 is 1.46 bits per heavy atom. The Labute approximate surface area is 86.3 Å². The van der Waals surface area contributed by atoms with Gasteiger partial charge in [-0.15, -0.1) is 0 Å². The standard InChI is InChI=1S/C10H13BrFN/c1-7-5-8(3-2-4-13)10(12)9(11)6-7/h5-6H,2-4,13H2,1H3. The van der Waals surface area contributed by atoms with Crippen LogP contribution in [-0.2, 0) is 6.42 Å². The quantitative estimate of drug-likeness (QED) is 0.871. The summed E-state index contributed by atoms with van der Waals surface area (Å²) >= 11 is 3.18. The Bertz CT molecular complexity index is 299. The molecule has 0 radical (unpaired) electrons. The molecule has 0 atom stereocenters. The first-order valence-electron chi connectivity index (χ1n) is 4.29. The van der Waals surface area contributed by atoms with E-state index in [1.165, 1.54) is 0 Å². The summed E-state index contributed by atoms with van der Waals surface area (Å²) in [7, 11) is 0. The maximum atomic E-state index is 13.4. The van der Waals surface area contributed by atoms with E-state index in [0.717, 1.165) is 17.5 Å². The van der Waals surface area contributed by atoms with Crippen LogP contribution in [0.1, 0.15) is 17.5 Å². The van der Waals surface area contributed by atoms with E-state index in [2.05, 4.69) is 15.9 Å². The van der Waals surface area contributed by atoms with E-state index >= 15 is 0 Å².